The largest absolute Gasteiger partial charge is 0.378 e. The van der Waals surface area contributed by atoms with Gasteiger partial charge in [-0.05, 0) is 31.4 Å². The van der Waals surface area contributed by atoms with Crippen LogP contribution in [0.2, 0.25) is 0 Å². The fraction of sp³-hybridized carbons (Fsp3) is 0.500. The molecule has 0 aliphatic heterocycles. The summed E-state index contributed by atoms with van der Waals surface area (Å²) in [5.41, 5.74) is 4.71. The second-order valence-corrected chi connectivity index (χ2v) is 3.63. The SMILES string of the molecule is C=C(C)/C(C(=C)N(C)C)=C(/C)CC. The Morgan fingerprint density at radius 3 is 1.85 bits per heavy atom. The van der Waals surface area contributed by atoms with E-state index in [0.29, 0.717) is 0 Å². The van der Waals surface area contributed by atoms with Gasteiger partial charge in [-0.1, -0.05) is 25.7 Å². The summed E-state index contributed by atoms with van der Waals surface area (Å²) in [4.78, 5) is 2.03. The molecule has 0 atom stereocenters. The maximum atomic E-state index is 4.05. The summed E-state index contributed by atoms with van der Waals surface area (Å²) in [7, 11) is 4.02. The van der Waals surface area contributed by atoms with Crippen molar-refractivity contribution in [1.29, 1.82) is 0 Å². The Labute approximate surface area is 82.4 Å². The zero-order valence-corrected chi connectivity index (χ0v) is 9.57. The predicted octanol–water partition coefficient (Wildman–Crippen LogP) is 3.36. The van der Waals surface area contributed by atoms with Crippen LogP contribution in [0.1, 0.15) is 27.2 Å². The third kappa shape index (κ3) is 3.10. The van der Waals surface area contributed by atoms with E-state index < -0.39 is 0 Å². The molecule has 0 rings (SSSR count). The van der Waals surface area contributed by atoms with Crippen molar-refractivity contribution in [2.24, 2.45) is 0 Å². The Kier molecular flexibility index (Phi) is 4.53. The van der Waals surface area contributed by atoms with Crippen LogP contribution in [0.25, 0.3) is 0 Å². The number of likely N-dealkylation sites (N-methyl/N-ethyl adjacent to an activating group) is 1. The van der Waals surface area contributed by atoms with E-state index in [2.05, 4.69) is 27.0 Å². The highest BCUT2D eigenvalue weighted by Crippen LogP contribution is 2.23. The second kappa shape index (κ2) is 4.90. The normalized spacial score (nSPS) is 12.1. The van der Waals surface area contributed by atoms with Gasteiger partial charge in [0.05, 0.1) is 0 Å². The van der Waals surface area contributed by atoms with Crippen LogP contribution < -0.4 is 0 Å². The molecule has 74 valence electrons. The van der Waals surface area contributed by atoms with Crippen molar-refractivity contribution in [2.45, 2.75) is 27.2 Å². The molecule has 13 heavy (non-hydrogen) atoms. The van der Waals surface area contributed by atoms with Gasteiger partial charge in [0.15, 0.2) is 0 Å². The number of hydrogen-bond acceptors (Lipinski definition) is 1. The predicted molar refractivity (Wildman–Crippen MR) is 60.6 cm³/mol. The van der Waals surface area contributed by atoms with Crippen LogP contribution in [-0.4, -0.2) is 19.0 Å². The summed E-state index contributed by atoms with van der Waals surface area (Å²) < 4.78 is 0. The zero-order valence-electron chi connectivity index (χ0n) is 9.57. The van der Waals surface area contributed by atoms with Crippen LogP contribution in [0, 0.1) is 0 Å². The molecule has 0 heterocycles. The maximum Gasteiger partial charge on any atom is 0.0363 e. The molecule has 0 radical (unpaired) electrons. The molecule has 0 bridgehead atoms. The van der Waals surface area contributed by atoms with Crippen LogP contribution in [-0.2, 0) is 0 Å². The number of allylic oxidation sites excluding steroid dienone is 2. The van der Waals surface area contributed by atoms with Crippen LogP contribution in [0.5, 0.6) is 0 Å². The number of hydrogen-bond donors (Lipinski definition) is 0. The van der Waals surface area contributed by atoms with Gasteiger partial charge >= 0.3 is 0 Å². The average Bonchev–Trinajstić information content (AvgIpc) is 2.03. The van der Waals surface area contributed by atoms with E-state index >= 15 is 0 Å². The molecule has 0 aromatic carbocycles. The molecule has 0 aromatic rings. The standard InChI is InChI=1S/C12H21N/c1-8-10(4)12(9(2)3)11(5)13(6)7/h2,5,8H2,1,3-4,6-7H3/b12-10+. The topological polar surface area (TPSA) is 3.24 Å². The van der Waals surface area contributed by atoms with Crippen molar-refractivity contribution in [3.63, 3.8) is 0 Å². The molecule has 0 amide bonds. The summed E-state index contributed by atoms with van der Waals surface area (Å²) >= 11 is 0. The Morgan fingerprint density at radius 1 is 1.15 bits per heavy atom. The first-order valence-electron chi connectivity index (χ1n) is 4.64. The van der Waals surface area contributed by atoms with Crippen molar-refractivity contribution in [3.8, 4) is 0 Å². The summed E-state index contributed by atoms with van der Waals surface area (Å²) in [6, 6.07) is 0. The highest BCUT2D eigenvalue weighted by Gasteiger charge is 2.08. The Balaban J connectivity index is 5.06. The van der Waals surface area contributed by atoms with Gasteiger partial charge in [-0.15, -0.1) is 0 Å². The highest BCUT2D eigenvalue weighted by atomic mass is 15.1. The van der Waals surface area contributed by atoms with E-state index in [4.69, 9.17) is 0 Å². The van der Waals surface area contributed by atoms with E-state index in [1.165, 1.54) is 11.1 Å². The van der Waals surface area contributed by atoms with E-state index in [-0.39, 0.29) is 0 Å². The third-order valence-electron chi connectivity index (χ3n) is 2.21. The first-order valence-corrected chi connectivity index (χ1v) is 4.64. The van der Waals surface area contributed by atoms with Gasteiger partial charge in [0, 0.05) is 19.8 Å². The van der Waals surface area contributed by atoms with Crippen molar-refractivity contribution >= 4 is 0 Å². The van der Waals surface area contributed by atoms with Crippen LogP contribution in [0.15, 0.2) is 35.6 Å². The quantitative estimate of drug-likeness (QED) is 0.598. The molecule has 0 spiro atoms. The summed E-state index contributed by atoms with van der Waals surface area (Å²) in [5.74, 6) is 0. The van der Waals surface area contributed by atoms with Gasteiger partial charge in [0.2, 0.25) is 0 Å². The fourth-order valence-corrected chi connectivity index (χ4v) is 1.26. The first kappa shape index (κ1) is 12.0. The molecule has 0 unspecified atom stereocenters. The summed E-state index contributed by atoms with van der Waals surface area (Å²) in [6.45, 7) is 14.4. The van der Waals surface area contributed by atoms with E-state index in [1.54, 1.807) is 0 Å². The number of nitrogens with zero attached hydrogens (tertiary/aromatic N) is 1. The molecule has 0 N–H and O–H groups in total. The smallest absolute Gasteiger partial charge is 0.0363 e. The van der Waals surface area contributed by atoms with Crippen molar-refractivity contribution in [1.82, 2.24) is 4.90 Å². The van der Waals surface area contributed by atoms with E-state index in [9.17, 15) is 0 Å². The van der Waals surface area contributed by atoms with Crippen molar-refractivity contribution < 1.29 is 0 Å². The van der Waals surface area contributed by atoms with Gasteiger partial charge in [0.1, 0.15) is 0 Å². The molecule has 0 fully saturated rings. The van der Waals surface area contributed by atoms with Crippen molar-refractivity contribution in [2.75, 3.05) is 14.1 Å². The van der Waals surface area contributed by atoms with Gasteiger partial charge in [0.25, 0.3) is 0 Å². The summed E-state index contributed by atoms with van der Waals surface area (Å²) in [6.07, 6.45) is 1.05. The van der Waals surface area contributed by atoms with Gasteiger partial charge < -0.3 is 4.90 Å². The molecular weight excluding hydrogens is 158 g/mol. The zero-order chi connectivity index (χ0) is 10.6. The monoisotopic (exact) mass is 179 g/mol. The Bertz CT molecular complexity index is 244. The van der Waals surface area contributed by atoms with Gasteiger partial charge in [-0.3, -0.25) is 0 Å². The summed E-state index contributed by atoms with van der Waals surface area (Å²) in [5, 5.41) is 0. The maximum absolute atomic E-state index is 4.05. The molecule has 1 nitrogen and oxygen atoms in total. The molecule has 0 aliphatic rings. The molecule has 1 heteroatoms. The molecule has 0 saturated carbocycles. The molecule has 0 saturated heterocycles. The van der Waals surface area contributed by atoms with Crippen LogP contribution in [0.4, 0.5) is 0 Å². The van der Waals surface area contributed by atoms with E-state index in [0.717, 1.165) is 17.7 Å². The number of rotatable bonds is 4. The van der Waals surface area contributed by atoms with Crippen molar-refractivity contribution in [3.05, 3.63) is 35.6 Å². The lowest BCUT2D eigenvalue weighted by molar-refractivity contribution is 0.524. The lowest BCUT2D eigenvalue weighted by Gasteiger charge is -2.21. The fourth-order valence-electron chi connectivity index (χ4n) is 1.26. The minimum absolute atomic E-state index is 1.05. The average molecular weight is 179 g/mol. The second-order valence-electron chi connectivity index (χ2n) is 3.63. The first-order chi connectivity index (χ1) is 5.91. The Morgan fingerprint density at radius 2 is 1.62 bits per heavy atom. The van der Waals surface area contributed by atoms with Crippen LogP contribution >= 0.6 is 0 Å². The van der Waals surface area contributed by atoms with E-state index in [1.807, 2.05) is 25.9 Å². The third-order valence-corrected chi connectivity index (χ3v) is 2.21. The highest BCUT2D eigenvalue weighted by molar-refractivity contribution is 5.45. The van der Waals surface area contributed by atoms with Gasteiger partial charge in [-0.2, -0.15) is 0 Å². The lowest BCUT2D eigenvalue weighted by Crippen LogP contribution is -2.13. The minimum Gasteiger partial charge on any atom is -0.378 e. The lowest BCUT2D eigenvalue weighted by atomic mass is 9.98. The molecule has 0 aliphatic carbocycles. The van der Waals surface area contributed by atoms with Crippen LogP contribution in [0.3, 0.4) is 0 Å². The Hall–Kier alpha value is -0.980. The minimum atomic E-state index is 1.05. The molecule has 0 aromatic heterocycles. The molecular formula is C12H21N. The van der Waals surface area contributed by atoms with Gasteiger partial charge in [-0.25, -0.2) is 0 Å².